The van der Waals surface area contributed by atoms with Crippen molar-refractivity contribution in [1.82, 2.24) is 0 Å². The second-order valence-corrected chi connectivity index (χ2v) is 2.40. The Morgan fingerprint density at radius 1 is 1.58 bits per heavy atom. The van der Waals surface area contributed by atoms with E-state index >= 15 is 0 Å². The fraction of sp³-hybridized carbons (Fsp3) is 0.444. The lowest BCUT2D eigenvalue weighted by molar-refractivity contribution is -0.132. The van der Waals surface area contributed by atoms with E-state index in [4.69, 9.17) is 9.84 Å². The molecule has 1 N–H and O–H groups in total. The lowest BCUT2D eigenvalue weighted by Gasteiger charge is -1.95. The van der Waals surface area contributed by atoms with Gasteiger partial charge >= 0.3 is 5.97 Å². The number of carboxylic acids is 1. The van der Waals surface area contributed by atoms with Gasteiger partial charge < -0.3 is 9.84 Å². The van der Waals surface area contributed by atoms with Gasteiger partial charge in [-0.25, -0.2) is 4.79 Å². The minimum atomic E-state index is -0.902. The highest BCUT2D eigenvalue weighted by Crippen LogP contribution is 2.17. The van der Waals surface area contributed by atoms with E-state index in [2.05, 4.69) is 19.7 Å². The van der Waals surface area contributed by atoms with Gasteiger partial charge in [-0.15, -0.1) is 13.2 Å². The van der Waals surface area contributed by atoms with Crippen molar-refractivity contribution < 1.29 is 14.6 Å². The van der Waals surface area contributed by atoms with Crippen molar-refractivity contribution in [2.45, 2.75) is 18.9 Å². The van der Waals surface area contributed by atoms with E-state index < -0.39 is 5.97 Å². The van der Waals surface area contributed by atoms with Crippen LogP contribution in [0.25, 0.3) is 0 Å². The normalized spacial score (nSPS) is 18.8. The van der Waals surface area contributed by atoms with Crippen LogP contribution in [0, 0.1) is 0 Å². The zero-order chi connectivity index (χ0) is 9.56. The minimum Gasteiger partial charge on any atom is -0.478 e. The first-order valence-corrected chi connectivity index (χ1v) is 3.73. The maximum atomic E-state index is 10.2. The molecule has 12 heavy (non-hydrogen) atoms. The summed E-state index contributed by atoms with van der Waals surface area (Å²) < 4.78 is 4.90. The summed E-state index contributed by atoms with van der Waals surface area (Å²) in [6.07, 6.45) is 1.64. The summed E-state index contributed by atoms with van der Waals surface area (Å²) in [5.74, 6) is -0.902. The molecule has 1 atom stereocenters. The summed E-state index contributed by atoms with van der Waals surface area (Å²) >= 11 is 0. The number of epoxide rings is 1. The Bertz CT molecular complexity index is 171. The maximum absolute atomic E-state index is 10.2. The van der Waals surface area contributed by atoms with Crippen molar-refractivity contribution in [1.29, 1.82) is 0 Å². The summed E-state index contributed by atoms with van der Waals surface area (Å²) in [6, 6.07) is 0. The number of hydrogen-bond acceptors (Lipinski definition) is 2. The van der Waals surface area contributed by atoms with Gasteiger partial charge in [0.1, 0.15) is 0 Å². The van der Waals surface area contributed by atoms with Gasteiger partial charge in [0.25, 0.3) is 0 Å². The van der Waals surface area contributed by atoms with Gasteiger partial charge in [-0.2, -0.15) is 0 Å². The van der Waals surface area contributed by atoms with Crippen LogP contribution in [0.2, 0.25) is 0 Å². The van der Waals surface area contributed by atoms with E-state index in [1.165, 1.54) is 0 Å². The molecule has 3 nitrogen and oxygen atoms in total. The molecule has 0 saturated carbocycles. The number of aliphatic carboxylic acids is 1. The Morgan fingerprint density at radius 3 is 2.42 bits per heavy atom. The second kappa shape index (κ2) is 5.55. The summed E-state index contributed by atoms with van der Waals surface area (Å²) in [6.45, 7) is 10.2. The molecule has 0 aliphatic carbocycles. The molecular formula is C9H14O3. The maximum Gasteiger partial charge on any atom is 0.330 e. The molecule has 1 aliphatic rings. The van der Waals surface area contributed by atoms with Crippen molar-refractivity contribution in [3.63, 3.8) is 0 Å². The number of hydrogen-bond donors (Lipinski definition) is 1. The Labute approximate surface area is 72.3 Å². The highest BCUT2D eigenvalue weighted by molar-refractivity contribution is 5.85. The van der Waals surface area contributed by atoms with E-state index in [-0.39, 0.29) is 5.57 Å². The van der Waals surface area contributed by atoms with Gasteiger partial charge in [-0.05, 0) is 12.8 Å². The third-order valence-corrected chi connectivity index (χ3v) is 1.47. The zero-order valence-electron chi connectivity index (χ0n) is 7.08. The largest absolute Gasteiger partial charge is 0.478 e. The van der Waals surface area contributed by atoms with E-state index in [0.29, 0.717) is 12.5 Å². The Balaban J connectivity index is 0.000000561. The second-order valence-electron chi connectivity index (χ2n) is 2.40. The molecule has 0 spiro atoms. The molecule has 1 fully saturated rings. The molecule has 0 aromatic heterocycles. The van der Waals surface area contributed by atoms with Crippen molar-refractivity contribution in [3.8, 4) is 0 Å². The van der Waals surface area contributed by atoms with Crippen LogP contribution in [0.4, 0.5) is 0 Å². The first kappa shape index (κ1) is 10.9. The molecule has 1 heterocycles. The van der Waals surface area contributed by atoms with E-state index in [1.54, 1.807) is 0 Å². The van der Waals surface area contributed by atoms with Crippen molar-refractivity contribution in [2.75, 3.05) is 6.61 Å². The smallest absolute Gasteiger partial charge is 0.330 e. The Hall–Kier alpha value is -1.09. The predicted molar refractivity (Wildman–Crippen MR) is 47.0 cm³/mol. The lowest BCUT2D eigenvalue weighted by atomic mass is 10.1. The van der Waals surface area contributed by atoms with E-state index in [9.17, 15) is 4.79 Å². The molecule has 68 valence electrons. The molecule has 0 aromatic carbocycles. The highest BCUT2D eigenvalue weighted by Gasteiger charge is 2.22. The highest BCUT2D eigenvalue weighted by atomic mass is 16.6. The summed E-state index contributed by atoms with van der Waals surface area (Å²) in [7, 11) is 0. The van der Waals surface area contributed by atoms with E-state index in [1.807, 2.05) is 0 Å². The van der Waals surface area contributed by atoms with Gasteiger partial charge in [-0.1, -0.05) is 6.58 Å². The number of carboxylic acid groups (broad SMARTS) is 1. The Kier molecular flexibility index (Phi) is 5.04. The zero-order valence-corrected chi connectivity index (χ0v) is 7.08. The molecule has 0 radical (unpaired) electrons. The standard InChI is InChI=1S/C7H10O3.C2H4/c1-5(7(8)9)2-3-6-4-10-6;1-2/h6H,1-4H2,(H,8,9);1-2H2. The van der Waals surface area contributed by atoms with Gasteiger partial charge in [0.2, 0.25) is 0 Å². The number of rotatable bonds is 4. The average Bonchev–Trinajstić information content (AvgIpc) is 2.87. The molecule has 1 saturated heterocycles. The van der Waals surface area contributed by atoms with Crippen LogP contribution in [0.15, 0.2) is 25.3 Å². The van der Waals surface area contributed by atoms with Gasteiger partial charge in [-0.3, -0.25) is 0 Å². The third-order valence-electron chi connectivity index (χ3n) is 1.47. The van der Waals surface area contributed by atoms with Crippen LogP contribution in [0.3, 0.4) is 0 Å². The predicted octanol–water partition coefficient (Wildman–Crippen LogP) is 1.61. The molecule has 1 rings (SSSR count). The first-order valence-electron chi connectivity index (χ1n) is 3.73. The molecule has 1 aliphatic heterocycles. The number of carbonyl (C=O) groups is 1. The topological polar surface area (TPSA) is 49.8 Å². The average molecular weight is 170 g/mol. The van der Waals surface area contributed by atoms with Crippen LogP contribution in [0.5, 0.6) is 0 Å². The third kappa shape index (κ3) is 4.68. The molecule has 0 aromatic rings. The molecule has 0 bridgehead atoms. The van der Waals surface area contributed by atoms with Gasteiger partial charge in [0.15, 0.2) is 0 Å². The molecule has 1 unspecified atom stereocenters. The summed E-state index contributed by atoms with van der Waals surface area (Å²) in [4.78, 5) is 10.2. The van der Waals surface area contributed by atoms with Crippen molar-refractivity contribution in [3.05, 3.63) is 25.3 Å². The fourth-order valence-corrected chi connectivity index (χ4v) is 0.677. The van der Waals surface area contributed by atoms with Gasteiger partial charge in [0.05, 0.1) is 12.7 Å². The summed E-state index contributed by atoms with van der Waals surface area (Å²) in [5, 5.41) is 8.37. The van der Waals surface area contributed by atoms with Crippen LogP contribution >= 0.6 is 0 Å². The minimum absolute atomic E-state index is 0.274. The Morgan fingerprint density at radius 2 is 2.08 bits per heavy atom. The molecule has 0 amide bonds. The monoisotopic (exact) mass is 170 g/mol. The molecular weight excluding hydrogens is 156 g/mol. The number of ether oxygens (including phenoxy) is 1. The first-order chi connectivity index (χ1) is 5.70. The van der Waals surface area contributed by atoms with Gasteiger partial charge in [0, 0.05) is 5.57 Å². The summed E-state index contributed by atoms with van der Waals surface area (Å²) in [5.41, 5.74) is 0.274. The van der Waals surface area contributed by atoms with Crippen LogP contribution in [-0.2, 0) is 9.53 Å². The fourth-order valence-electron chi connectivity index (χ4n) is 0.677. The molecule has 3 heteroatoms. The SMILES string of the molecule is C=C.C=C(CCC1CO1)C(=O)O. The van der Waals surface area contributed by atoms with E-state index in [0.717, 1.165) is 13.0 Å². The van der Waals surface area contributed by atoms with Crippen LogP contribution < -0.4 is 0 Å². The van der Waals surface area contributed by atoms with Crippen molar-refractivity contribution >= 4 is 5.97 Å². The quantitative estimate of drug-likeness (QED) is 0.396. The van der Waals surface area contributed by atoms with Crippen LogP contribution in [0.1, 0.15) is 12.8 Å². The lowest BCUT2D eigenvalue weighted by Crippen LogP contribution is -1.99. The van der Waals surface area contributed by atoms with Crippen molar-refractivity contribution in [2.24, 2.45) is 0 Å². The van der Waals surface area contributed by atoms with Crippen LogP contribution in [-0.4, -0.2) is 23.8 Å².